The molecule has 0 aliphatic carbocycles. The Balaban J connectivity index is 1.71. The molecule has 0 saturated carbocycles. The molecule has 0 atom stereocenters. The Labute approximate surface area is 162 Å². The zero-order valence-electron chi connectivity index (χ0n) is 16.5. The van der Waals surface area contributed by atoms with Gasteiger partial charge in [-0.1, -0.05) is 17.7 Å². The van der Waals surface area contributed by atoms with Crippen molar-refractivity contribution in [2.45, 2.75) is 34.6 Å². The van der Waals surface area contributed by atoms with Crippen molar-refractivity contribution in [3.05, 3.63) is 63.9 Å². The highest BCUT2D eigenvalue weighted by Gasteiger charge is 2.22. The average Bonchev–Trinajstić information content (AvgIpc) is 3.23. The van der Waals surface area contributed by atoms with E-state index in [0.717, 1.165) is 38.8 Å². The third kappa shape index (κ3) is 2.97. The fourth-order valence-electron chi connectivity index (χ4n) is 3.30. The molecule has 0 aliphatic rings. The second-order valence-electron chi connectivity index (χ2n) is 7.22. The summed E-state index contributed by atoms with van der Waals surface area (Å²) >= 11 is 0. The second kappa shape index (κ2) is 6.64. The molecule has 28 heavy (non-hydrogen) atoms. The lowest BCUT2D eigenvalue weighted by Crippen LogP contribution is -2.13. The van der Waals surface area contributed by atoms with Crippen LogP contribution in [0, 0.1) is 34.6 Å². The van der Waals surface area contributed by atoms with E-state index < -0.39 is 0 Å². The lowest BCUT2D eigenvalue weighted by Gasteiger charge is -2.06. The average molecular weight is 375 g/mol. The lowest BCUT2D eigenvalue weighted by atomic mass is 10.0. The van der Waals surface area contributed by atoms with Crippen molar-refractivity contribution >= 4 is 22.7 Å². The van der Waals surface area contributed by atoms with E-state index in [1.54, 1.807) is 0 Å². The number of furan rings is 1. The van der Waals surface area contributed by atoms with Gasteiger partial charge in [0.25, 0.3) is 5.91 Å². The number of rotatable bonds is 3. The highest BCUT2D eigenvalue weighted by molar-refractivity contribution is 6.07. The van der Waals surface area contributed by atoms with E-state index in [-0.39, 0.29) is 17.5 Å². The largest absolute Gasteiger partial charge is 0.451 e. The van der Waals surface area contributed by atoms with Gasteiger partial charge >= 0.3 is 0 Å². The minimum absolute atomic E-state index is 0.259. The topological polar surface area (TPSA) is 81.2 Å². The Bertz CT molecular complexity index is 1220. The number of nitrogens with one attached hydrogen (secondary N) is 1. The van der Waals surface area contributed by atoms with Gasteiger partial charge in [-0.2, -0.15) is 0 Å². The second-order valence-corrected chi connectivity index (χ2v) is 7.22. The zero-order chi connectivity index (χ0) is 20.0. The predicted molar refractivity (Wildman–Crippen MR) is 108 cm³/mol. The van der Waals surface area contributed by atoms with E-state index in [1.807, 2.05) is 65.0 Å². The van der Waals surface area contributed by atoms with Crippen molar-refractivity contribution in [2.24, 2.45) is 0 Å². The van der Waals surface area contributed by atoms with Gasteiger partial charge in [-0.05, 0) is 79.8 Å². The smallest absolute Gasteiger partial charge is 0.292 e. The summed E-state index contributed by atoms with van der Waals surface area (Å²) in [6, 6.07) is 10.0. The molecule has 0 bridgehead atoms. The lowest BCUT2D eigenvalue weighted by molar-refractivity contribution is 0.0997. The number of carbonyl (C=O) groups is 1. The van der Waals surface area contributed by atoms with Gasteiger partial charge < -0.3 is 4.42 Å². The Kier molecular flexibility index (Phi) is 4.26. The number of carbonyl (C=O) groups excluding carboxylic acids is 1. The quantitative estimate of drug-likeness (QED) is 0.527. The highest BCUT2D eigenvalue weighted by Crippen LogP contribution is 2.31. The number of fused-ring (bicyclic) bond motifs is 1. The molecule has 1 N–H and O–H groups in total. The first-order valence-corrected chi connectivity index (χ1v) is 9.07. The van der Waals surface area contributed by atoms with Crippen LogP contribution in [0.1, 0.15) is 38.4 Å². The number of nitrogens with zero attached hydrogens (tertiary/aromatic N) is 2. The van der Waals surface area contributed by atoms with Crippen LogP contribution in [0.3, 0.4) is 0 Å². The molecule has 0 spiro atoms. The molecule has 2 aromatic carbocycles. The van der Waals surface area contributed by atoms with Crippen molar-refractivity contribution in [2.75, 3.05) is 5.32 Å². The monoisotopic (exact) mass is 375 g/mol. The summed E-state index contributed by atoms with van der Waals surface area (Å²) in [5.74, 6) is 0.145. The third-order valence-electron chi connectivity index (χ3n) is 5.13. The summed E-state index contributed by atoms with van der Waals surface area (Å²) in [5.41, 5.74) is 7.22. The van der Waals surface area contributed by atoms with Crippen molar-refractivity contribution in [3.63, 3.8) is 0 Å². The molecule has 0 radical (unpaired) electrons. The first kappa shape index (κ1) is 18.0. The van der Waals surface area contributed by atoms with Crippen LogP contribution in [-0.2, 0) is 0 Å². The van der Waals surface area contributed by atoms with Crippen LogP contribution in [0.4, 0.5) is 5.82 Å². The summed E-state index contributed by atoms with van der Waals surface area (Å²) < 4.78 is 10.7. The van der Waals surface area contributed by atoms with Gasteiger partial charge in [-0.25, -0.2) is 4.63 Å². The maximum absolute atomic E-state index is 12.9. The van der Waals surface area contributed by atoms with Crippen molar-refractivity contribution in [1.82, 2.24) is 10.3 Å². The Morgan fingerprint density at radius 2 is 1.68 bits per heavy atom. The standard InChI is InChI=1S/C22H21N3O3/c1-11-6-7-12(2)16(8-11)19-21(25-28-24-19)23-22(26)20-15(5)17-9-13(3)14(4)10-18(17)27-20/h6-10H,1-5H3,(H,23,25,26). The summed E-state index contributed by atoms with van der Waals surface area (Å²) in [6.45, 7) is 9.91. The van der Waals surface area contributed by atoms with Crippen molar-refractivity contribution in [1.29, 1.82) is 0 Å². The number of amides is 1. The van der Waals surface area contributed by atoms with E-state index in [1.165, 1.54) is 0 Å². The van der Waals surface area contributed by atoms with Gasteiger partial charge in [0.05, 0.1) is 0 Å². The maximum Gasteiger partial charge on any atom is 0.292 e. The Hall–Kier alpha value is -3.41. The zero-order valence-corrected chi connectivity index (χ0v) is 16.5. The van der Waals surface area contributed by atoms with E-state index in [0.29, 0.717) is 11.3 Å². The van der Waals surface area contributed by atoms with Gasteiger partial charge in [0.15, 0.2) is 11.5 Å². The van der Waals surface area contributed by atoms with Crippen molar-refractivity contribution < 1.29 is 13.8 Å². The van der Waals surface area contributed by atoms with Gasteiger partial charge in [0.2, 0.25) is 5.82 Å². The van der Waals surface area contributed by atoms with E-state index >= 15 is 0 Å². The SMILES string of the molecule is Cc1ccc(C)c(-c2nonc2NC(=O)c2oc3cc(C)c(C)cc3c2C)c1. The fraction of sp³-hybridized carbons (Fsp3) is 0.227. The molecule has 1 amide bonds. The number of benzene rings is 2. The van der Waals surface area contributed by atoms with Crippen LogP contribution in [0.15, 0.2) is 39.4 Å². The van der Waals surface area contributed by atoms with Crippen LogP contribution < -0.4 is 5.32 Å². The maximum atomic E-state index is 12.9. The highest BCUT2D eigenvalue weighted by atomic mass is 16.6. The fourth-order valence-corrected chi connectivity index (χ4v) is 3.30. The first-order chi connectivity index (χ1) is 13.3. The molecule has 2 aromatic heterocycles. The number of hydrogen-bond acceptors (Lipinski definition) is 5. The molecule has 0 aliphatic heterocycles. The van der Waals surface area contributed by atoms with Crippen LogP contribution in [0.5, 0.6) is 0 Å². The molecule has 2 heterocycles. The van der Waals surface area contributed by atoms with Crippen LogP contribution >= 0.6 is 0 Å². The molecular formula is C22H21N3O3. The Morgan fingerprint density at radius 1 is 0.929 bits per heavy atom. The molecule has 0 fully saturated rings. The van der Waals surface area contributed by atoms with Crippen LogP contribution in [-0.4, -0.2) is 16.2 Å². The first-order valence-electron chi connectivity index (χ1n) is 9.07. The van der Waals surface area contributed by atoms with Crippen molar-refractivity contribution in [3.8, 4) is 11.3 Å². The molecule has 6 heteroatoms. The summed E-state index contributed by atoms with van der Waals surface area (Å²) in [5, 5.41) is 11.6. The summed E-state index contributed by atoms with van der Waals surface area (Å²) in [7, 11) is 0. The molecule has 142 valence electrons. The van der Waals surface area contributed by atoms with Gasteiger partial charge in [-0.15, -0.1) is 0 Å². The van der Waals surface area contributed by atoms with E-state index in [2.05, 4.69) is 15.6 Å². The number of aromatic nitrogens is 2. The van der Waals surface area contributed by atoms with Crippen LogP contribution in [0.2, 0.25) is 0 Å². The molecule has 6 nitrogen and oxygen atoms in total. The summed E-state index contributed by atoms with van der Waals surface area (Å²) in [4.78, 5) is 12.9. The minimum Gasteiger partial charge on any atom is -0.451 e. The predicted octanol–water partition coefficient (Wildman–Crippen LogP) is 5.28. The van der Waals surface area contributed by atoms with Crippen LogP contribution in [0.25, 0.3) is 22.2 Å². The van der Waals surface area contributed by atoms with E-state index in [9.17, 15) is 4.79 Å². The molecule has 4 rings (SSSR count). The molecule has 0 unspecified atom stereocenters. The third-order valence-corrected chi connectivity index (χ3v) is 5.13. The molecule has 0 saturated heterocycles. The van der Waals surface area contributed by atoms with E-state index in [4.69, 9.17) is 9.05 Å². The number of hydrogen-bond donors (Lipinski definition) is 1. The Morgan fingerprint density at radius 3 is 2.46 bits per heavy atom. The molecular weight excluding hydrogens is 354 g/mol. The van der Waals surface area contributed by atoms with Gasteiger partial charge in [0.1, 0.15) is 5.58 Å². The molecule has 4 aromatic rings. The minimum atomic E-state index is -0.383. The normalized spacial score (nSPS) is 11.2. The number of aryl methyl sites for hydroxylation is 5. The van der Waals surface area contributed by atoms with Gasteiger partial charge in [0, 0.05) is 16.5 Å². The summed E-state index contributed by atoms with van der Waals surface area (Å²) in [6.07, 6.45) is 0. The number of anilines is 1. The van der Waals surface area contributed by atoms with Gasteiger partial charge in [-0.3, -0.25) is 10.1 Å².